The highest BCUT2D eigenvalue weighted by atomic mass is 16.6. The first-order chi connectivity index (χ1) is 9.93. The van der Waals surface area contributed by atoms with E-state index >= 15 is 0 Å². The lowest BCUT2D eigenvalue weighted by atomic mass is 10.1. The van der Waals surface area contributed by atoms with Gasteiger partial charge in [0.2, 0.25) is 0 Å². The second kappa shape index (κ2) is 12.2. The topological polar surface area (TPSA) is 45.4 Å². The second-order valence-electron chi connectivity index (χ2n) is 4.87. The van der Waals surface area contributed by atoms with Gasteiger partial charge in [0.1, 0.15) is 6.61 Å². The summed E-state index contributed by atoms with van der Waals surface area (Å²) in [4.78, 5) is 5.23. The molecule has 0 aliphatic heterocycles. The van der Waals surface area contributed by atoms with Gasteiger partial charge < -0.3 is 4.84 Å². The number of unbranched alkanes of at least 4 members (excludes halogenated alkanes) is 7. The van der Waals surface area contributed by atoms with Crippen molar-refractivity contribution in [3.05, 3.63) is 35.9 Å². The van der Waals surface area contributed by atoms with Crippen LogP contribution in [-0.4, -0.2) is 6.21 Å². The summed E-state index contributed by atoms with van der Waals surface area (Å²) in [6.45, 7) is 0.538. The molecule has 0 bridgehead atoms. The average molecular weight is 272 g/mol. The molecule has 0 N–H and O–H groups in total. The van der Waals surface area contributed by atoms with E-state index in [0.29, 0.717) is 13.0 Å². The average Bonchev–Trinajstić information content (AvgIpc) is 2.49. The minimum atomic E-state index is 0.538. The lowest BCUT2D eigenvalue weighted by Gasteiger charge is -1.99. The molecule has 0 amide bonds. The zero-order valence-electron chi connectivity index (χ0n) is 12.1. The van der Waals surface area contributed by atoms with Crippen LogP contribution in [0, 0.1) is 11.3 Å². The second-order valence-corrected chi connectivity index (χ2v) is 4.87. The minimum Gasteiger partial charge on any atom is -0.391 e. The fraction of sp³-hybridized carbons (Fsp3) is 0.529. The van der Waals surface area contributed by atoms with Crippen LogP contribution >= 0.6 is 0 Å². The van der Waals surface area contributed by atoms with Crippen molar-refractivity contribution < 1.29 is 4.84 Å². The Morgan fingerprint density at radius 3 is 2.45 bits per heavy atom. The van der Waals surface area contributed by atoms with E-state index in [-0.39, 0.29) is 0 Å². The molecule has 0 saturated heterocycles. The largest absolute Gasteiger partial charge is 0.391 e. The predicted octanol–water partition coefficient (Wildman–Crippen LogP) is 4.83. The number of hydrogen-bond acceptors (Lipinski definition) is 3. The van der Waals surface area contributed by atoms with Crippen molar-refractivity contribution in [3.8, 4) is 6.07 Å². The monoisotopic (exact) mass is 272 g/mol. The third-order valence-electron chi connectivity index (χ3n) is 3.09. The molecule has 0 aliphatic rings. The Kier molecular flexibility index (Phi) is 9.92. The van der Waals surface area contributed by atoms with Crippen LogP contribution in [0.5, 0.6) is 0 Å². The first-order valence-corrected chi connectivity index (χ1v) is 7.48. The fourth-order valence-corrected chi connectivity index (χ4v) is 1.94. The van der Waals surface area contributed by atoms with Crippen LogP contribution in [0.15, 0.2) is 35.5 Å². The van der Waals surface area contributed by atoms with E-state index in [2.05, 4.69) is 11.2 Å². The highest BCUT2D eigenvalue weighted by Crippen LogP contribution is 2.07. The Balaban J connectivity index is 1.86. The van der Waals surface area contributed by atoms with Gasteiger partial charge in [-0.1, -0.05) is 61.2 Å². The minimum absolute atomic E-state index is 0.538. The molecule has 0 saturated carbocycles. The summed E-state index contributed by atoms with van der Waals surface area (Å²) in [5.41, 5.74) is 1.14. The molecule has 0 unspecified atom stereocenters. The van der Waals surface area contributed by atoms with E-state index in [9.17, 15) is 0 Å². The summed E-state index contributed by atoms with van der Waals surface area (Å²) in [5.74, 6) is 0. The molecule has 108 valence electrons. The van der Waals surface area contributed by atoms with E-state index in [1.807, 2.05) is 36.5 Å². The van der Waals surface area contributed by atoms with Crippen molar-refractivity contribution >= 4 is 6.21 Å². The molecule has 0 fully saturated rings. The van der Waals surface area contributed by atoms with Gasteiger partial charge in [0.15, 0.2) is 0 Å². The molecule has 20 heavy (non-hydrogen) atoms. The number of benzene rings is 1. The van der Waals surface area contributed by atoms with Crippen molar-refractivity contribution in [1.82, 2.24) is 0 Å². The summed E-state index contributed by atoms with van der Waals surface area (Å²) >= 11 is 0. The van der Waals surface area contributed by atoms with Crippen molar-refractivity contribution in [3.63, 3.8) is 0 Å². The van der Waals surface area contributed by atoms with Crippen LogP contribution in [0.1, 0.15) is 56.9 Å². The number of rotatable bonds is 11. The van der Waals surface area contributed by atoms with Gasteiger partial charge >= 0.3 is 0 Å². The maximum Gasteiger partial charge on any atom is 0.142 e. The van der Waals surface area contributed by atoms with Crippen molar-refractivity contribution in [2.75, 3.05) is 0 Å². The molecule has 3 heteroatoms. The van der Waals surface area contributed by atoms with Crippen LogP contribution < -0.4 is 0 Å². The maximum absolute atomic E-state index is 8.41. The third kappa shape index (κ3) is 9.16. The first kappa shape index (κ1) is 16.2. The Labute approximate surface area is 122 Å². The van der Waals surface area contributed by atoms with Crippen LogP contribution in [-0.2, 0) is 11.4 Å². The first-order valence-electron chi connectivity index (χ1n) is 7.48. The third-order valence-corrected chi connectivity index (χ3v) is 3.09. The van der Waals surface area contributed by atoms with Crippen molar-refractivity contribution in [2.45, 2.75) is 58.0 Å². The number of hydrogen-bond donors (Lipinski definition) is 0. The summed E-state index contributed by atoms with van der Waals surface area (Å²) < 4.78 is 0. The summed E-state index contributed by atoms with van der Waals surface area (Å²) in [5, 5.41) is 12.4. The van der Waals surface area contributed by atoms with Gasteiger partial charge in [-0.05, 0) is 24.8 Å². The standard InChI is InChI=1S/C17H24N2O/c18-14-10-5-3-1-2-4-6-11-15-19-20-16-17-12-8-7-9-13-17/h7-9,12-13,15H,1-6,10-11,16H2. The summed E-state index contributed by atoms with van der Waals surface area (Å²) in [6.07, 6.45) is 10.7. The van der Waals surface area contributed by atoms with E-state index in [0.717, 1.165) is 24.8 Å². The molecule has 1 aromatic rings. The van der Waals surface area contributed by atoms with Crippen LogP contribution in [0.3, 0.4) is 0 Å². The Morgan fingerprint density at radius 1 is 1.00 bits per heavy atom. The number of oxime groups is 1. The zero-order valence-corrected chi connectivity index (χ0v) is 12.1. The van der Waals surface area contributed by atoms with Crippen LogP contribution in [0.4, 0.5) is 0 Å². The van der Waals surface area contributed by atoms with E-state index < -0.39 is 0 Å². The van der Waals surface area contributed by atoms with Gasteiger partial charge in [-0.3, -0.25) is 0 Å². The van der Waals surface area contributed by atoms with Gasteiger partial charge in [0.05, 0.1) is 6.07 Å². The molecule has 0 radical (unpaired) electrons. The number of nitriles is 1. The molecular weight excluding hydrogens is 248 g/mol. The molecule has 1 aromatic carbocycles. The van der Waals surface area contributed by atoms with E-state index in [4.69, 9.17) is 10.1 Å². The molecule has 0 aromatic heterocycles. The van der Waals surface area contributed by atoms with Crippen molar-refractivity contribution in [1.29, 1.82) is 5.26 Å². The molecule has 0 aliphatic carbocycles. The van der Waals surface area contributed by atoms with E-state index in [1.54, 1.807) is 0 Å². The van der Waals surface area contributed by atoms with E-state index in [1.165, 1.54) is 25.7 Å². The maximum atomic E-state index is 8.41. The van der Waals surface area contributed by atoms with Gasteiger partial charge in [-0.15, -0.1) is 0 Å². The lowest BCUT2D eigenvalue weighted by molar-refractivity contribution is 0.131. The van der Waals surface area contributed by atoms with Gasteiger partial charge in [0.25, 0.3) is 0 Å². The quantitative estimate of drug-likeness (QED) is 0.329. The van der Waals surface area contributed by atoms with Crippen LogP contribution in [0.25, 0.3) is 0 Å². The number of nitrogens with zero attached hydrogens (tertiary/aromatic N) is 2. The normalized spacial score (nSPS) is 10.6. The predicted molar refractivity (Wildman–Crippen MR) is 82.3 cm³/mol. The molecule has 1 rings (SSSR count). The molecule has 3 nitrogen and oxygen atoms in total. The van der Waals surface area contributed by atoms with Gasteiger partial charge in [0, 0.05) is 12.6 Å². The fourth-order valence-electron chi connectivity index (χ4n) is 1.94. The highest BCUT2D eigenvalue weighted by Gasteiger charge is 1.91. The SMILES string of the molecule is N#CCCCCCCCCC=NOCc1ccccc1. The smallest absolute Gasteiger partial charge is 0.142 e. The molecular formula is C17H24N2O. The summed E-state index contributed by atoms with van der Waals surface area (Å²) in [6, 6.07) is 12.2. The Hall–Kier alpha value is -1.82. The lowest BCUT2D eigenvalue weighted by Crippen LogP contribution is -1.87. The van der Waals surface area contributed by atoms with Gasteiger partial charge in [-0.2, -0.15) is 5.26 Å². The van der Waals surface area contributed by atoms with Crippen molar-refractivity contribution in [2.24, 2.45) is 5.16 Å². The Morgan fingerprint density at radius 2 is 1.70 bits per heavy atom. The summed E-state index contributed by atoms with van der Waals surface area (Å²) in [7, 11) is 0. The molecule has 0 spiro atoms. The molecule has 0 heterocycles. The van der Waals surface area contributed by atoms with Crippen LogP contribution in [0.2, 0.25) is 0 Å². The highest BCUT2D eigenvalue weighted by molar-refractivity contribution is 5.56. The zero-order chi connectivity index (χ0) is 14.3. The molecule has 0 atom stereocenters. The van der Waals surface area contributed by atoms with Gasteiger partial charge in [-0.25, -0.2) is 0 Å². The Bertz CT molecular complexity index is 395.